The van der Waals surface area contributed by atoms with Crippen molar-refractivity contribution in [1.82, 2.24) is 9.97 Å². The second-order valence-corrected chi connectivity index (χ2v) is 8.88. The Morgan fingerprint density at radius 2 is 1.90 bits per heavy atom. The molecule has 4 rings (SSSR count). The topological polar surface area (TPSA) is 112 Å². The molecular formula is C20H20N4O4S. The Morgan fingerprint density at radius 1 is 1.14 bits per heavy atom. The van der Waals surface area contributed by atoms with Crippen LogP contribution < -0.4 is 15.2 Å². The number of H-pyrrole nitrogens is 1. The van der Waals surface area contributed by atoms with Crippen LogP contribution in [0.5, 0.6) is 0 Å². The van der Waals surface area contributed by atoms with Gasteiger partial charge >= 0.3 is 0 Å². The van der Waals surface area contributed by atoms with E-state index in [0.717, 1.165) is 0 Å². The first kappa shape index (κ1) is 19.1. The summed E-state index contributed by atoms with van der Waals surface area (Å²) in [5, 5.41) is 3.29. The van der Waals surface area contributed by atoms with E-state index in [1.54, 1.807) is 42.5 Å². The molecule has 2 aromatic carbocycles. The molecule has 0 saturated carbocycles. The molecule has 2 heterocycles. The number of para-hydroxylation sites is 1. The van der Waals surface area contributed by atoms with Gasteiger partial charge < -0.3 is 10.3 Å². The minimum Gasteiger partial charge on any atom is -0.326 e. The minimum absolute atomic E-state index is 0.156. The Kier molecular flexibility index (Phi) is 5.06. The molecule has 3 aromatic rings. The number of aromatic nitrogens is 2. The van der Waals surface area contributed by atoms with Crippen LogP contribution in [-0.2, 0) is 21.2 Å². The van der Waals surface area contributed by atoms with E-state index in [0.29, 0.717) is 47.5 Å². The molecule has 0 atom stereocenters. The molecule has 150 valence electrons. The zero-order valence-corrected chi connectivity index (χ0v) is 16.4. The summed E-state index contributed by atoms with van der Waals surface area (Å²) < 4.78 is 25.3. The van der Waals surface area contributed by atoms with Crippen molar-refractivity contribution in [2.75, 3.05) is 21.9 Å². The molecular weight excluding hydrogens is 392 g/mol. The van der Waals surface area contributed by atoms with Gasteiger partial charge in [-0.05, 0) is 42.8 Å². The molecule has 1 fully saturated rings. The molecule has 9 heteroatoms. The summed E-state index contributed by atoms with van der Waals surface area (Å²) in [7, 11) is -3.22. The number of hydrogen-bond acceptors (Lipinski definition) is 5. The molecule has 2 N–H and O–H groups in total. The highest BCUT2D eigenvalue weighted by Gasteiger charge is 2.28. The van der Waals surface area contributed by atoms with Crippen molar-refractivity contribution >= 4 is 38.2 Å². The molecule has 0 bridgehead atoms. The quantitative estimate of drug-likeness (QED) is 0.666. The Labute approximate surface area is 167 Å². The van der Waals surface area contributed by atoms with Crippen LogP contribution >= 0.6 is 0 Å². The SMILES string of the molecule is O=C(CCc1nc2ccccc2c(=O)[nH]1)Nc1ccc(N2CCCS2(=O)=O)cc1. The highest BCUT2D eigenvalue weighted by atomic mass is 32.2. The average molecular weight is 412 g/mol. The molecule has 0 radical (unpaired) electrons. The molecule has 29 heavy (non-hydrogen) atoms. The van der Waals surface area contributed by atoms with Gasteiger partial charge in [-0.25, -0.2) is 13.4 Å². The lowest BCUT2D eigenvalue weighted by Crippen LogP contribution is -2.25. The zero-order valence-electron chi connectivity index (χ0n) is 15.6. The molecule has 1 aromatic heterocycles. The lowest BCUT2D eigenvalue weighted by molar-refractivity contribution is -0.116. The number of carbonyl (C=O) groups excluding carboxylic acids is 1. The molecule has 8 nitrogen and oxygen atoms in total. The fraction of sp³-hybridized carbons (Fsp3) is 0.250. The van der Waals surface area contributed by atoms with Gasteiger partial charge in [-0.1, -0.05) is 12.1 Å². The summed E-state index contributed by atoms with van der Waals surface area (Å²) in [5.41, 5.74) is 1.55. The smallest absolute Gasteiger partial charge is 0.258 e. The van der Waals surface area contributed by atoms with E-state index < -0.39 is 10.0 Å². The Balaban J connectivity index is 1.38. The summed E-state index contributed by atoms with van der Waals surface area (Å²) in [6, 6.07) is 13.8. The van der Waals surface area contributed by atoms with Gasteiger partial charge in [0.25, 0.3) is 5.56 Å². The number of benzene rings is 2. The van der Waals surface area contributed by atoms with Crippen molar-refractivity contribution in [1.29, 1.82) is 0 Å². The minimum atomic E-state index is -3.22. The van der Waals surface area contributed by atoms with E-state index in [1.165, 1.54) is 4.31 Å². The highest BCUT2D eigenvalue weighted by molar-refractivity contribution is 7.93. The first-order valence-corrected chi connectivity index (χ1v) is 10.9. The average Bonchev–Trinajstić information content (AvgIpc) is 3.06. The number of sulfonamides is 1. The number of aromatic amines is 1. The number of amides is 1. The largest absolute Gasteiger partial charge is 0.326 e. The van der Waals surface area contributed by atoms with Crippen LogP contribution in [-0.4, -0.2) is 36.6 Å². The Hall–Kier alpha value is -3.20. The fourth-order valence-electron chi connectivity index (χ4n) is 3.35. The van der Waals surface area contributed by atoms with Crippen LogP contribution in [0.2, 0.25) is 0 Å². The monoisotopic (exact) mass is 412 g/mol. The van der Waals surface area contributed by atoms with E-state index >= 15 is 0 Å². The molecule has 0 spiro atoms. The number of hydrogen-bond donors (Lipinski definition) is 2. The first-order valence-electron chi connectivity index (χ1n) is 9.31. The molecule has 1 amide bonds. The van der Waals surface area contributed by atoms with Crippen molar-refractivity contribution in [2.24, 2.45) is 0 Å². The molecule has 0 unspecified atom stereocenters. The van der Waals surface area contributed by atoms with E-state index in [2.05, 4.69) is 15.3 Å². The third kappa shape index (κ3) is 4.14. The Bertz CT molecular complexity index is 1220. The van der Waals surface area contributed by atoms with Crippen LogP contribution in [0.4, 0.5) is 11.4 Å². The number of fused-ring (bicyclic) bond motifs is 1. The van der Waals surface area contributed by atoms with Gasteiger partial charge in [0.15, 0.2) is 0 Å². The number of nitrogens with zero attached hydrogens (tertiary/aromatic N) is 2. The van der Waals surface area contributed by atoms with Gasteiger partial charge in [0, 0.05) is 25.1 Å². The standard InChI is InChI=1S/C20H20N4O4S/c25-19(11-10-18-22-17-5-2-1-4-16(17)20(26)23-18)21-14-6-8-15(9-7-14)24-12-3-13-29(24,27)28/h1-2,4-9H,3,10-13H2,(H,21,25)(H,22,23,26). The lowest BCUT2D eigenvalue weighted by atomic mass is 10.2. The van der Waals surface area contributed by atoms with Crippen LogP contribution in [0.1, 0.15) is 18.7 Å². The van der Waals surface area contributed by atoms with Crippen molar-refractivity contribution in [3.8, 4) is 0 Å². The number of aryl methyl sites for hydroxylation is 1. The van der Waals surface area contributed by atoms with Gasteiger partial charge in [-0.15, -0.1) is 0 Å². The fourth-order valence-corrected chi connectivity index (χ4v) is 4.91. The van der Waals surface area contributed by atoms with E-state index in [-0.39, 0.29) is 23.6 Å². The third-order valence-electron chi connectivity index (χ3n) is 4.79. The Morgan fingerprint density at radius 3 is 2.62 bits per heavy atom. The van der Waals surface area contributed by atoms with E-state index in [4.69, 9.17) is 0 Å². The van der Waals surface area contributed by atoms with Crippen LogP contribution in [0.25, 0.3) is 10.9 Å². The van der Waals surface area contributed by atoms with Crippen molar-refractivity contribution < 1.29 is 13.2 Å². The maximum absolute atomic E-state index is 12.2. The maximum atomic E-state index is 12.2. The normalized spacial score (nSPS) is 15.5. The van der Waals surface area contributed by atoms with Crippen molar-refractivity contribution in [2.45, 2.75) is 19.3 Å². The summed E-state index contributed by atoms with van der Waals surface area (Å²) >= 11 is 0. The summed E-state index contributed by atoms with van der Waals surface area (Å²) in [6.07, 6.45) is 1.07. The van der Waals surface area contributed by atoms with Crippen molar-refractivity contribution in [3.63, 3.8) is 0 Å². The number of nitrogens with one attached hydrogen (secondary N) is 2. The molecule has 1 aliphatic rings. The second kappa shape index (κ2) is 7.67. The van der Waals surface area contributed by atoms with E-state index in [1.807, 2.05) is 6.07 Å². The van der Waals surface area contributed by atoms with Gasteiger partial charge in [0.1, 0.15) is 5.82 Å². The van der Waals surface area contributed by atoms with Gasteiger partial charge in [0.05, 0.1) is 22.3 Å². The number of rotatable bonds is 5. The summed E-state index contributed by atoms with van der Waals surface area (Å²) in [6.45, 7) is 0.477. The number of carbonyl (C=O) groups is 1. The molecule has 1 aliphatic heterocycles. The predicted molar refractivity (Wildman–Crippen MR) is 112 cm³/mol. The predicted octanol–water partition coefficient (Wildman–Crippen LogP) is 2.03. The third-order valence-corrected chi connectivity index (χ3v) is 6.66. The van der Waals surface area contributed by atoms with E-state index in [9.17, 15) is 18.0 Å². The summed E-state index contributed by atoms with van der Waals surface area (Å²) in [5.74, 6) is 0.400. The molecule has 0 aliphatic carbocycles. The van der Waals surface area contributed by atoms with Gasteiger partial charge in [-0.3, -0.25) is 13.9 Å². The number of anilines is 2. The van der Waals surface area contributed by atoms with Crippen LogP contribution in [0.3, 0.4) is 0 Å². The second-order valence-electron chi connectivity index (χ2n) is 6.87. The van der Waals surface area contributed by atoms with Crippen LogP contribution in [0.15, 0.2) is 53.3 Å². The van der Waals surface area contributed by atoms with Gasteiger partial charge in [-0.2, -0.15) is 0 Å². The van der Waals surface area contributed by atoms with Crippen molar-refractivity contribution in [3.05, 3.63) is 64.7 Å². The first-order chi connectivity index (χ1) is 13.9. The van der Waals surface area contributed by atoms with Gasteiger partial charge in [0.2, 0.25) is 15.9 Å². The lowest BCUT2D eigenvalue weighted by Gasteiger charge is -2.17. The van der Waals surface area contributed by atoms with Crippen LogP contribution in [0, 0.1) is 0 Å². The molecule has 1 saturated heterocycles. The maximum Gasteiger partial charge on any atom is 0.258 e. The summed E-state index contributed by atoms with van der Waals surface area (Å²) in [4.78, 5) is 31.4. The zero-order chi connectivity index (χ0) is 20.4. The highest BCUT2D eigenvalue weighted by Crippen LogP contribution is 2.25.